The highest BCUT2D eigenvalue weighted by Gasteiger charge is 2.54. The summed E-state index contributed by atoms with van der Waals surface area (Å²) in [5.74, 6) is -0.762. The van der Waals surface area contributed by atoms with Crippen LogP contribution in [0.15, 0.2) is 0 Å². The maximum absolute atomic E-state index is 13.4. The number of carboxylic acids is 1. The van der Waals surface area contributed by atoms with Gasteiger partial charge in [-0.1, -0.05) is 0 Å². The molecule has 0 spiro atoms. The monoisotopic (exact) mass is 229 g/mol. The van der Waals surface area contributed by atoms with Crippen molar-refractivity contribution < 1.29 is 14.3 Å². The number of rotatable bonds is 1. The number of nitrogens with one attached hydrogen (secondary N) is 3. The highest BCUT2D eigenvalue weighted by molar-refractivity contribution is 5.74. The van der Waals surface area contributed by atoms with E-state index in [9.17, 15) is 9.18 Å². The standard InChI is InChI=1S/C10H16FN3O2/c11-4-1-2-6-5(3-4)7-8(10(15)16)13-14-9(7)12-6/h4-9,12-14H,1-3H2,(H,15,16). The van der Waals surface area contributed by atoms with E-state index in [1.165, 1.54) is 0 Å². The van der Waals surface area contributed by atoms with Gasteiger partial charge in [0, 0.05) is 12.0 Å². The Morgan fingerprint density at radius 3 is 2.88 bits per heavy atom. The fourth-order valence-electron chi connectivity index (χ4n) is 3.45. The number of hydrogen-bond acceptors (Lipinski definition) is 4. The van der Waals surface area contributed by atoms with Gasteiger partial charge in [-0.15, -0.1) is 0 Å². The van der Waals surface area contributed by atoms with Crippen molar-refractivity contribution in [2.45, 2.75) is 43.7 Å². The van der Waals surface area contributed by atoms with Gasteiger partial charge in [0.25, 0.3) is 0 Å². The summed E-state index contributed by atoms with van der Waals surface area (Å²) in [6, 6.07) is -0.323. The minimum Gasteiger partial charge on any atom is -0.480 e. The van der Waals surface area contributed by atoms with Crippen LogP contribution in [0.5, 0.6) is 0 Å². The van der Waals surface area contributed by atoms with E-state index in [-0.39, 0.29) is 24.0 Å². The SMILES string of the molecule is O=C(O)C1NNC2NC3CCC(F)CC3C21. The van der Waals surface area contributed by atoms with E-state index in [2.05, 4.69) is 16.2 Å². The van der Waals surface area contributed by atoms with Crippen LogP contribution in [0.25, 0.3) is 0 Å². The molecule has 6 heteroatoms. The topological polar surface area (TPSA) is 73.4 Å². The first-order valence-corrected chi connectivity index (χ1v) is 5.81. The average Bonchev–Trinajstić information content (AvgIpc) is 2.76. The number of halogens is 1. The summed E-state index contributed by atoms with van der Waals surface area (Å²) in [6.45, 7) is 0. The zero-order valence-electron chi connectivity index (χ0n) is 8.82. The van der Waals surface area contributed by atoms with Gasteiger partial charge in [0.15, 0.2) is 0 Å². The van der Waals surface area contributed by atoms with E-state index >= 15 is 0 Å². The van der Waals surface area contributed by atoms with Gasteiger partial charge in [-0.05, 0) is 25.2 Å². The summed E-state index contributed by atoms with van der Waals surface area (Å²) >= 11 is 0. The molecule has 0 aromatic carbocycles. The molecule has 0 radical (unpaired) electrons. The smallest absolute Gasteiger partial charge is 0.322 e. The molecule has 4 N–H and O–H groups in total. The van der Waals surface area contributed by atoms with Crippen LogP contribution in [0.1, 0.15) is 19.3 Å². The summed E-state index contributed by atoms with van der Waals surface area (Å²) < 4.78 is 13.4. The first kappa shape index (κ1) is 10.4. The first-order chi connectivity index (χ1) is 7.66. The van der Waals surface area contributed by atoms with E-state index in [0.29, 0.717) is 12.8 Å². The second-order valence-electron chi connectivity index (χ2n) is 5.01. The predicted octanol–water partition coefficient (Wildman–Crippen LogP) is -0.400. The normalized spacial score (nSPS) is 51.1. The van der Waals surface area contributed by atoms with Crippen LogP contribution in [0.2, 0.25) is 0 Å². The molecule has 2 heterocycles. The Morgan fingerprint density at radius 2 is 2.12 bits per heavy atom. The Morgan fingerprint density at radius 1 is 1.31 bits per heavy atom. The lowest BCUT2D eigenvalue weighted by Crippen LogP contribution is -2.47. The van der Waals surface area contributed by atoms with Gasteiger partial charge in [0.05, 0.1) is 6.17 Å². The second kappa shape index (κ2) is 3.65. The van der Waals surface area contributed by atoms with Crippen LogP contribution in [0, 0.1) is 11.8 Å². The molecule has 0 amide bonds. The zero-order valence-corrected chi connectivity index (χ0v) is 8.82. The third-order valence-corrected chi connectivity index (χ3v) is 4.15. The van der Waals surface area contributed by atoms with Crippen molar-refractivity contribution in [3.05, 3.63) is 0 Å². The molecule has 1 saturated carbocycles. The molecule has 0 aromatic heterocycles. The third-order valence-electron chi connectivity index (χ3n) is 4.15. The molecule has 0 aromatic rings. The first-order valence-electron chi connectivity index (χ1n) is 5.81. The van der Waals surface area contributed by atoms with E-state index < -0.39 is 18.2 Å². The van der Waals surface area contributed by atoms with Crippen molar-refractivity contribution >= 4 is 5.97 Å². The maximum atomic E-state index is 13.4. The third kappa shape index (κ3) is 1.44. The second-order valence-corrected chi connectivity index (χ2v) is 5.01. The van der Waals surface area contributed by atoms with Crippen LogP contribution in [0.3, 0.4) is 0 Å². The Balaban J connectivity index is 1.81. The van der Waals surface area contributed by atoms with Crippen LogP contribution in [0.4, 0.5) is 4.39 Å². The summed E-state index contributed by atoms with van der Waals surface area (Å²) in [4.78, 5) is 11.1. The molecule has 0 bridgehead atoms. The molecular formula is C10H16FN3O2. The molecule has 16 heavy (non-hydrogen) atoms. The zero-order chi connectivity index (χ0) is 11.3. The Bertz CT molecular complexity index is 314. The number of alkyl halides is 1. The van der Waals surface area contributed by atoms with Crippen molar-refractivity contribution in [2.24, 2.45) is 11.8 Å². The van der Waals surface area contributed by atoms with Gasteiger partial charge < -0.3 is 5.11 Å². The molecule has 2 saturated heterocycles. The van der Waals surface area contributed by atoms with Crippen molar-refractivity contribution in [1.82, 2.24) is 16.2 Å². The number of aliphatic carboxylic acids is 1. The van der Waals surface area contributed by atoms with Gasteiger partial charge >= 0.3 is 5.97 Å². The van der Waals surface area contributed by atoms with Gasteiger partial charge in [0.2, 0.25) is 0 Å². The minimum atomic E-state index is -0.858. The number of carbonyl (C=O) groups is 1. The van der Waals surface area contributed by atoms with E-state index in [1.807, 2.05) is 0 Å². The van der Waals surface area contributed by atoms with Gasteiger partial charge in [-0.25, -0.2) is 15.2 Å². The summed E-state index contributed by atoms with van der Waals surface area (Å²) in [5.41, 5.74) is 5.73. The Kier molecular flexibility index (Phi) is 2.38. The maximum Gasteiger partial charge on any atom is 0.322 e. The molecule has 3 rings (SSSR count). The molecule has 3 aliphatic rings. The van der Waals surface area contributed by atoms with Crippen molar-refractivity contribution in [1.29, 1.82) is 0 Å². The van der Waals surface area contributed by atoms with Crippen LogP contribution in [-0.2, 0) is 4.79 Å². The van der Waals surface area contributed by atoms with Crippen LogP contribution < -0.4 is 16.2 Å². The molecule has 6 atom stereocenters. The Hall–Kier alpha value is -0.720. The van der Waals surface area contributed by atoms with Crippen molar-refractivity contribution in [2.75, 3.05) is 0 Å². The average molecular weight is 229 g/mol. The molecule has 3 fully saturated rings. The lowest BCUT2D eigenvalue weighted by Gasteiger charge is -2.31. The Labute approximate surface area is 92.7 Å². The molecule has 5 nitrogen and oxygen atoms in total. The largest absolute Gasteiger partial charge is 0.480 e. The fourth-order valence-corrected chi connectivity index (χ4v) is 3.45. The highest BCUT2D eigenvalue weighted by atomic mass is 19.1. The van der Waals surface area contributed by atoms with E-state index in [4.69, 9.17) is 5.11 Å². The van der Waals surface area contributed by atoms with Gasteiger partial charge in [0.1, 0.15) is 12.2 Å². The molecule has 2 aliphatic heterocycles. The van der Waals surface area contributed by atoms with Gasteiger partial charge in [-0.3, -0.25) is 10.1 Å². The van der Waals surface area contributed by atoms with Crippen molar-refractivity contribution in [3.8, 4) is 0 Å². The molecule has 1 aliphatic carbocycles. The summed E-state index contributed by atoms with van der Waals surface area (Å²) in [7, 11) is 0. The highest BCUT2D eigenvalue weighted by Crippen LogP contribution is 2.41. The lowest BCUT2D eigenvalue weighted by molar-refractivity contribution is -0.140. The van der Waals surface area contributed by atoms with Crippen LogP contribution >= 0.6 is 0 Å². The molecule has 90 valence electrons. The molecule has 6 unspecified atom stereocenters. The van der Waals surface area contributed by atoms with E-state index in [0.717, 1.165) is 6.42 Å². The number of hydrogen-bond donors (Lipinski definition) is 4. The number of hydrazine groups is 1. The van der Waals surface area contributed by atoms with Crippen LogP contribution in [-0.4, -0.2) is 35.5 Å². The quantitative estimate of drug-likeness (QED) is 0.492. The summed E-state index contributed by atoms with van der Waals surface area (Å²) in [6.07, 6.45) is 1.11. The minimum absolute atomic E-state index is 0.0265. The lowest BCUT2D eigenvalue weighted by atomic mass is 9.76. The predicted molar refractivity (Wildman–Crippen MR) is 54.1 cm³/mol. The molecular weight excluding hydrogens is 213 g/mol. The summed E-state index contributed by atoms with van der Waals surface area (Å²) in [5, 5.41) is 12.4. The number of fused-ring (bicyclic) bond motifs is 3. The van der Waals surface area contributed by atoms with E-state index in [1.54, 1.807) is 0 Å². The number of carboxylic acid groups (broad SMARTS) is 1. The fraction of sp³-hybridized carbons (Fsp3) is 0.900. The van der Waals surface area contributed by atoms with Crippen molar-refractivity contribution in [3.63, 3.8) is 0 Å². The van der Waals surface area contributed by atoms with Gasteiger partial charge in [-0.2, -0.15) is 0 Å².